The van der Waals surface area contributed by atoms with Crippen LogP contribution in [0.3, 0.4) is 0 Å². The predicted octanol–water partition coefficient (Wildman–Crippen LogP) is 3.23. The number of carbonyl (C=O) groups excluding carboxylic acids is 1. The van der Waals surface area contributed by atoms with Gasteiger partial charge in [-0.1, -0.05) is 24.8 Å². The molecule has 1 aliphatic rings. The number of fused-ring (bicyclic) bond motifs is 3. The van der Waals surface area contributed by atoms with Crippen molar-refractivity contribution in [1.29, 1.82) is 0 Å². The fraction of sp³-hybridized carbons (Fsp3) is 0.0952. The Balaban J connectivity index is 1.80. The second-order valence-electron chi connectivity index (χ2n) is 6.40. The largest absolute Gasteiger partial charge is 0.458 e. The molecular formula is C21H16N4O4. The zero-order valence-electron chi connectivity index (χ0n) is 15.3. The molecule has 2 aromatic carbocycles. The highest BCUT2D eigenvalue weighted by atomic mass is 16.7. The van der Waals surface area contributed by atoms with Crippen LogP contribution in [0.15, 0.2) is 55.1 Å². The first-order valence-corrected chi connectivity index (χ1v) is 8.92. The Kier molecular flexibility index (Phi) is 3.83. The zero-order chi connectivity index (χ0) is 20.0. The van der Waals surface area contributed by atoms with Crippen LogP contribution in [0, 0.1) is 0 Å². The first-order chi connectivity index (χ1) is 14.2. The van der Waals surface area contributed by atoms with E-state index in [4.69, 9.17) is 24.9 Å². The van der Waals surface area contributed by atoms with Crippen molar-refractivity contribution in [1.82, 2.24) is 14.5 Å². The summed E-state index contributed by atoms with van der Waals surface area (Å²) in [6, 6.07) is 12.8. The van der Waals surface area contributed by atoms with E-state index in [0.29, 0.717) is 39.4 Å². The van der Waals surface area contributed by atoms with Gasteiger partial charge < -0.3 is 19.9 Å². The standard InChI is InChI=1S/C21H16N4O4/c1-2-9-27-21(26)17-18-20(24-14-6-4-3-5-13(14)23-18)25(19(17)22)12-7-8-15-16(10-12)29-11-28-15/h2-8,10H,1,9,11,22H2. The van der Waals surface area contributed by atoms with Crippen molar-refractivity contribution in [2.24, 2.45) is 0 Å². The molecule has 5 rings (SSSR count). The Labute approximate surface area is 165 Å². The maximum absolute atomic E-state index is 12.7. The zero-order valence-corrected chi connectivity index (χ0v) is 15.3. The van der Waals surface area contributed by atoms with E-state index in [2.05, 4.69) is 11.6 Å². The quantitative estimate of drug-likeness (QED) is 0.423. The van der Waals surface area contributed by atoms with Gasteiger partial charge in [-0.15, -0.1) is 0 Å². The fourth-order valence-corrected chi connectivity index (χ4v) is 3.36. The number of hydrogen-bond donors (Lipinski definition) is 1. The number of nitrogen functional groups attached to an aromatic ring is 1. The second-order valence-corrected chi connectivity index (χ2v) is 6.40. The van der Waals surface area contributed by atoms with Gasteiger partial charge in [0, 0.05) is 6.07 Å². The van der Waals surface area contributed by atoms with Gasteiger partial charge in [-0.3, -0.25) is 4.57 Å². The summed E-state index contributed by atoms with van der Waals surface area (Å²) in [7, 11) is 0. The van der Waals surface area contributed by atoms with Gasteiger partial charge >= 0.3 is 5.97 Å². The minimum Gasteiger partial charge on any atom is -0.458 e. The first kappa shape index (κ1) is 17.1. The van der Waals surface area contributed by atoms with E-state index in [9.17, 15) is 4.79 Å². The monoisotopic (exact) mass is 388 g/mol. The van der Waals surface area contributed by atoms with Crippen LogP contribution < -0.4 is 15.2 Å². The van der Waals surface area contributed by atoms with Crippen LogP contribution in [0.4, 0.5) is 5.82 Å². The van der Waals surface area contributed by atoms with Crippen molar-refractivity contribution >= 4 is 34.0 Å². The lowest BCUT2D eigenvalue weighted by Gasteiger charge is -2.09. The molecule has 1 aliphatic heterocycles. The molecule has 0 fully saturated rings. The van der Waals surface area contributed by atoms with Crippen LogP contribution in [0.1, 0.15) is 10.4 Å². The number of benzene rings is 2. The van der Waals surface area contributed by atoms with Crippen molar-refractivity contribution < 1.29 is 19.0 Å². The van der Waals surface area contributed by atoms with E-state index >= 15 is 0 Å². The number of aromatic nitrogens is 3. The smallest absolute Gasteiger partial charge is 0.344 e. The van der Waals surface area contributed by atoms with E-state index in [-0.39, 0.29) is 24.8 Å². The number of hydrogen-bond acceptors (Lipinski definition) is 7. The van der Waals surface area contributed by atoms with Gasteiger partial charge in [0.15, 0.2) is 17.1 Å². The van der Waals surface area contributed by atoms with Crippen LogP contribution in [0.2, 0.25) is 0 Å². The second kappa shape index (κ2) is 6.52. The summed E-state index contributed by atoms with van der Waals surface area (Å²) in [5, 5.41) is 0. The molecule has 29 heavy (non-hydrogen) atoms. The van der Waals surface area contributed by atoms with Crippen LogP contribution in [-0.4, -0.2) is 33.9 Å². The molecule has 0 aliphatic carbocycles. The van der Waals surface area contributed by atoms with Crippen molar-refractivity contribution in [2.75, 3.05) is 19.1 Å². The number of esters is 1. The molecule has 2 aromatic heterocycles. The van der Waals surface area contributed by atoms with E-state index < -0.39 is 5.97 Å². The molecule has 0 saturated carbocycles. The number of nitrogens with two attached hydrogens (primary N) is 1. The molecule has 2 N–H and O–H groups in total. The Morgan fingerprint density at radius 2 is 1.93 bits per heavy atom. The Bertz CT molecular complexity index is 1300. The number of carbonyl (C=O) groups is 1. The minimum absolute atomic E-state index is 0.0655. The average molecular weight is 388 g/mol. The number of ether oxygens (including phenoxy) is 3. The molecule has 0 amide bonds. The highest BCUT2D eigenvalue weighted by Crippen LogP contribution is 2.37. The molecular weight excluding hydrogens is 372 g/mol. The fourth-order valence-electron chi connectivity index (χ4n) is 3.36. The van der Waals surface area contributed by atoms with Crippen LogP contribution >= 0.6 is 0 Å². The Morgan fingerprint density at radius 3 is 2.72 bits per heavy atom. The van der Waals surface area contributed by atoms with Gasteiger partial charge in [-0.2, -0.15) is 0 Å². The Morgan fingerprint density at radius 1 is 1.17 bits per heavy atom. The average Bonchev–Trinajstić information content (AvgIpc) is 3.31. The lowest BCUT2D eigenvalue weighted by molar-refractivity contribution is 0.0553. The van der Waals surface area contributed by atoms with Crippen molar-refractivity contribution in [2.45, 2.75) is 0 Å². The lowest BCUT2D eigenvalue weighted by atomic mass is 10.2. The molecule has 0 saturated heterocycles. The summed E-state index contributed by atoms with van der Waals surface area (Å²) < 4.78 is 17.8. The minimum atomic E-state index is -0.587. The SMILES string of the molecule is C=CCOC(=O)c1c(N)n(-c2ccc3c(c2)OCO3)c2nc3ccccc3nc12. The summed E-state index contributed by atoms with van der Waals surface area (Å²) >= 11 is 0. The lowest BCUT2D eigenvalue weighted by Crippen LogP contribution is -2.09. The highest BCUT2D eigenvalue weighted by Gasteiger charge is 2.26. The summed E-state index contributed by atoms with van der Waals surface area (Å²) in [5.74, 6) is 0.832. The maximum Gasteiger partial charge on any atom is 0.344 e. The molecule has 8 nitrogen and oxygen atoms in total. The van der Waals surface area contributed by atoms with Crippen LogP contribution in [0.5, 0.6) is 11.5 Å². The first-order valence-electron chi connectivity index (χ1n) is 8.92. The third-order valence-corrected chi connectivity index (χ3v) is 4.65. The summed E-state index contributed by atoms with van der Waals surface area (Å²) in [4.78, 5) is 22.1. The molecule has 3 heterocycles. The van der Waals surface area contributed by atoms with E-state index in [1.54, 1.807) is 16.7 Å². The topological polar surface area (TPSA) is 101 Å². The van der Waals surface area contributed by atoms with Gasteiger partial charge in [0.2, 0.25) is 6.79 Å². The van der Waals surface area contributed by atoms with Gasteiger partial charge in [-0.05, 0) is 24.3 Å². The molecule has 0 spiro atoms. The van der Waals surface area contributed by atoms with Gasteiger partial charge in [-0.25, -0.2) is 14.8 Å². The molecule has 0 bridgehead atoms. The van der Waals surface area contributed by atoms with Crippen molar-refractivity contribution in [3.63, 3.8) is 0 Å². The van der Waals surface area contributed by atoms with Crippen molar-refractivity contribution in [3.05, 3.63) is 60.7 Å². The third-order valence-electron chi connectivity index (χ3n) is 4.65. The van der Waals surface area contributed by atoms with Gasteiger partial charge in [0.25, 0.3) is 0 Å². The normalized spacial score (nSPS) is 12.4. The van der Waals surface area contributed by atoms with E-state index in [1.807, 2.05) is 30.3 Å². The maximum atomic E-state index is 12.7. The van der Waals surface area contributed by atoms with E-state index in [0.717, 1.165) is 0 Å². The highest BCUT2D eigenvalue weighted by molar-refractivity contribution is 6.09. The molecule has 0 atom stereocenters. The van der Waals surface area contributed by atoms with Crippen LogP contribution in [-0.2, 0) is 4.74 Å². The molecule has 0 unspecified atom stereocenters. The van der Waals surface area contributed by atoms with Gasteiger partial charge in [0.1, 0.15) is 23.5 Å². The predicted molar refractivity (Wildman–Crippen MR) is 107 cm³/mol. The van der Waals surface area contributed by atoms with Gasteiger partial charge in [0.05, 0.1) is 16.7 Å². The number of para-hydroxylation sites is 2. The Hall–Kier alpha value is -4.07. The third kappa shape index (κ3) is 2.65. The number of nitrogens with zero attached hydrogens (tertiary/aromatic N) is 3. The molecule has 144 valence electrons. The molecule has 0 radical (unpaired) electrons. The number of anilines is 1. The van der Waals surface area contributed by atoms with E-state index in [1.165, 1.54) is 6.08 Å². The summed E-state index contributed by atoms with van der Waals surface area (Å²) in [6.07, 6.45) is 1.49. The van der Waals surface area contributed by atoms with Crippen molar-refractivity contribution in [3.8, 4) is 17.2 Å². The molecule has 4 aromatic rings. The van der Waals surface area contributed by atoms with Crippen LogP contribution in [0.25, 0.3) is 27.9 Å². The number of rotatable bonds is 4. The summed E-state index contributed by atoms with van der Waals surface area (Å²) in [5.41, 5.74) is 9.41. The molecule has 8 heteroatoms. The summed E-state index contributed by atoms with van der Waals surface area (Å²) in [6.45, 7) is 3.79.